The van der Waals surface area contributed by atoms with Crippen LogP contribution in [0.1, 0.15) is 36.8 Å². The highest BCUT2D eigenvalue weighted by Crippen LogP contribution is 2.32. The van der Waals surface area contributed by atoms with E-state index < -0.39 is 11.7 Å². The predicted molar refractivity (Wildman–Crippen MR) is 89.5 cm³/mol. The molecule has 2 atom stereocenters. The van der Waals surface area contributed by atoms with Crippen LogP contribution in [0.25, 0.3) is 0 Å². The second-order valence-electron chi connectivity index (χ2n) is 6.81. The van der Waals surface area contributed by atoms with Crippen molar-refractivity contribution in [1.82, 2.24) is 4.90 Å². The smallest absolute Gasteiger partial charge is 0.379 e. The Bertz CT molecular complexity index is 544. The van der Waals surface area contributed by atoms with E-state index in [0.29, 0.717) is 24.6 Å². The number of halogens is 3. The second-order valence-corrected chi connectivity index (χ2v) is 6.81. The zero-order chi connectivity index (χ0) is 17.7. The van der Waals surface area contributed by atoms with Crippen LogP contribution in [0.15, 0.2) is 24.3 Å². The summed E-state index contributed by atoms with van der Waals surface area (Å²) in [4.78, 5) is 2.43. The molecule has 0 aromatic heterocycles. The summed E-state index contributed by atoms with van der Waals surface area (Å²) >= 11 is 0. The molecule has 0 amide bonds. The van der Waals surface area contributed by atoms with Gasteiger partial charge in [0, 0.05) is 19.1 Å². The molecule has 1 unspecified atom stereocenters. The van der Waals surface area contributed by atoms with Gasteiger partial charge in [0.2, 0.25) is 0 Å². The highest BCUT2D eigenvalue weighted by Gasteiger charge is 2.34. The maximum Gasteiger partial charge on any atom is 0.416 e. The van der Waals surface area contributed by atoms with Gasteiger partial charge in [-0.05, 0) is 30.9 Å². The van der Waals surface area contributed by atoms with Crippen LogP contribution >= 0.6 is 0 Å². The van der Waals surface area contributed by atoms with Crippen LogP contribution in [0.5, 0.6) is 0 Å². The largest absolute Gasteiger partial charge is 0.416 e. The van der Waals surface area contributed by atoms with E-state index in [4.69, 9.17) is 9.47 Å². The maximum atomic E-state index is 13.1. The molecule has 1 aromatic rings. The molecule has 1 saturated carbocycles. The fourth-order valence-electron chi connectivity index (χ4n) is 3.93. The fraction of sp³-hybridized carbons (Fsp3) is 0.684. The Hall–Kier alpha value is -1.11. The van der Waals surface area contributed by atoms with E-state index in [9.17, 15) is 13.2 Å². The molecule has 0 spiro atoms. The third-order valence-electron chi connectivity index (χ3n) is 5.21. The quantitative estimate of drug-likeness (QED) is 0.798. The number of benzene rings is 1. The summed E-state index contributed by atoms with van der Waals surface area (Å²) in [6.45, 7) is 3.67. The van der Waals surface area contributed by atoms with Gasteiger partial charge in [0.15, 0.2) is 0 Å². The van der Waals surface area contributed by atoms with Crippen LogP contribution in [0.2, 0.25) is 0 Å². The molecule has 1 aliphatic carbocycles. The standard InChI is InChI=1S/C19H26F3NO2/c20-19(21,22)16-6-2-1-5-15(16)9-12-25-18-8-4-3-7-17(18)23-10-13-24-14-11-23/h1-2,5-6,17-18H,3-4,7-14H2/t17?,18-/m0/s1. The van der Waals surface area contributed by atoms with E-state index in [1.165, 1.54) is 12.5 Å². The molecule has 0 radical (unpaired) electrons. The molecule has 2 aliphatic rings. The molecular weight excluding hydrogens is 331 g/mol. The van der Waals surface area contributed by atoms with E-state index in [0.717, 1.165) is 51.6 Å². The van der Waals surface area contributed by atoms with E-state index in [2.05, 4.69) is 4.90 Å². The Balaban J connectivity index is 1.57. The lowest BCUT2D eigenvalue weighted by Crippen LogP contribution is -2.51. The van der Waals surface area contributed by atoms with Crippen molar-refractivity contribution in [2.45, 2.75) is 50.4 Å². The van der Waals surface area contributed by atoms with Crippen LogP contribution in [-0.4, -0.2) is 50.0 Å². The van der Waals surface area contributed by atoms with Crippen molar-refractivity contribution < 1.29 is 22.6 Å². The number of nitrogens with zero attached hydrogens (tertiary/aromatic N) is 1. The van der Waals surface area contributed by atoms with Crippen molar-refractivity contribution in [2.75, 3.05) is 32.9 Å². The van der Waals surface area contributed by atoms with Crippen LogP contribution in [0.3, 0.4) is 0 Å². The summed E-state index contributed by atoms with van der Waals surface area (Å²) in [6, 6.07) is 6.15. The molecule has 1 aromatic carbocycles. The average Bonchev–Trinajstić information content (AvgIpc) is 2.62. The Labute approximate surface area is 147 Å². The maximum absolute atomic E-state index is 13.1. The number of hydrogen-bond donors (Lipinski definition) is 0. The average molecular weight is 357 g/mol. The Morgan fingerprint density at radius 1 is 1.08 bits per heavy atom. The molecule has 0 bridgehead atoms. The van der Waals surface area contributed by atoms with Crippen LogP contribution in [0.4, 0.5) is 13.2 Å². The molecule has 25 heavy (non-hydrogen) atoms. The molecule has 2 fully saturated rings. The fourth-order valence-corrected chi connectivity index (χ4v) is 3.93. The minimum Gasteiger partial charge on any atom is -0.379 e. The third-order valence-corrected chi connectivity index (χ3v) is 5.21. The normalized spacial score (nSPS) is 25.9. The first kappa shape index (κ1) is 18.7. The van der Waals surface area contributed by atoms with E-state index >= 15 is 0 Å². The van der Waals surface area contributed by atoms with Gasteiger partial charge >= 0.3 is 6.18 Å². The lowest BCUT2D eigenvalue weighted by Gasteiger charge is -2.41. The summed E-state index contributed by atoms with van der Waals surface area (Å²) < 4.78 is 50.7. The first-order valence-electron chi connectivity index (χ1n) is 9.14. The van der Waals surface area contributed by atoms with Crippen LogP contribution in [0, 0.1) is 0 Å². The molecule has 1 heterocycles. The van der Waals surface area contributed by atoms with Crippen molar-refractivity contribution in [1.29, 1.82) is 0 Å². The highest BCUT2D eigenvalue weighted by atomic mass is 19.4. The van der Waals surface area contributed by atoms with Gasteiger partial charge in [-0.25, -0.2) is 0 Å². The van der Waals surface area contributed by atoms with Crippen LogP contribution in [-0.2, 0) is 22.1 Å². The van der Waals surface area contributed by atoms with Gasteiger partial charge < -0.3 is 9.47 Å². The van der Waals surface area contributed by atoms with Gasteiger partial charge in [-0.1, -0.05) is 31.0 Å². The molecule has 3 nitrogen and oxygen atoms in total. The summed E-state index contributed by atoms with van der Waals surface area (Å²) in [7, 11) is 0. The monoisotopic (exact) mass is 357 g/mol. The molecule has 3 rings (SSSR count). The van der Waals surface area contributed by atoms with Crippen molar-refractivity contribution in [3.8, 4) is 0 Å². The molecule has 140 valence electrons. The van der Waals surface area contributed by atoms with Gasteiger partial charge in [0.1, 0.15) is 0 Å². The van der Waals surface area contributed by atoms with Crippen LogP contribution < -0.4 is 0 Å². The van der Waals surface area contributed by atoms with Gasteiger partial charge in [0.25, 0.3) is 0 Å². The van der Waals surface area contributed by atoms with Crippen molar-refractivity contribution in [3.05, 3.63) is 35.4 Å². The SMILES string of the molecule is FC(F)(F)c1ccccc1CCO[C@H]1CCCCC1N1CCOCC1. The minimum absolute atomic E-state index is 0.116. The zero-order valence-electron chi connectivity index (χ0n) is 14.4. The van der Waals surface area contributed by atoms with E-state index in [1.807, 2.05) is 0 Å². The summed E-state index contributed by atoms with van der Waals surface area (Å²) in [5, 5.41) is 0. The van der Waals surface area contributed by atoms with E-state index in [-0.39, 0.29) is 6.10 Å². The van der Waals surface area contributed by atoms with Gasteiger partial charge in [-0.3, -0.25) is 4.90 Å². The molecule has 0 N–H and O–H groups in total. The highest BCUT2D eigenvalue weighted by molar-refractivity contribution is 5.29. The molecule has 6 heteroatoms. The lowest BCUT2D eigenvalue weighted by atomic mass is 9.91. The molecule has 1 saturated heterocycles. The Morgan fingerprint density at radius 2 is 1.80 bits per heavy atom. The summed E-state index contributed by atoms with van der Waals surface area (Å²) in [5.74, 6) is 0. The lowest BCUT2D eigenvalue weighted by molar-refractivity contribution is -0.138. The number of rotatable bonds is 5. The van der Waals surface area contributed by atoms with E-state index in [1.54, 1.807) is 12.1 Å². The number of alkyl halides is 3. The first-order chi connectivity index (χ1) is 12.1. The molecular formula is C19H26F3NO2. The van der Waals surface area contributed by atoms with Crippen molar-refractivity contribution in [3.63, 3.8) is 0 Å². The van der Waals surface area contributed by atoms with Gasteiger partial charge in [-0.15, -0.1) is 0 Å². The number of hydrogen-bond acceptors (Lipinski definition) is 3. The number of morpholine rings is 1. The minimum atomic E-state index is -4.31. The van der Waals surface area contributed by atoms with Crippen molar-refractivity contribution in [2.24, 2.45) is 0 Å². The zero-order valence-corrected chi connectivity index (χ0v) is 14.4. The Morgan fingerprint density at radius 3 is 2.56 bits per heavy atom. The third kappa shape index (κ3) is 4.96. The van der Waals surface area contributed by atoms with Gasteiger partial charge in [0.05, 0.1) is 31.5 Å². The van der Waals surface area contributed by atoms with Crippen molar-refractivity contribution >= 4 is 0 Å². The number of ether oxygens (including phenoxy) is 2. The molecule has 1 aliphatic heterocycles. The Kier molecular flexibility index (Phi) is 6.36. The predicted octanol–water partition coefficient (Wildman–Crippen LogP) is 3.91. The topological polar surface area (TPSA) is 21.7 Å². The first-order valence-corrected chi connectivity index (χ1v) is 9.14. The second kappa shape index (κ2) is 8.52. The van der Waals surface area contributed by atoms with Gasteiger partial charge in [-0.2, -0.15) is 13.2 Å². The summed E-state index contributed by atoms with van der Waals surface area (Å²) in [6.07, 6.45) is 0.514. The summed E-state index contributed by atoms with van der Waals surface area (Å²) in [5.41, 5.74) is -0.235.